The first-order chi connectivity index (χ1) is 6.13. The number of halogens is 2. The van der Waals surface area contributed by atoms with E-state index in [0.717, 1.165) is 0 Å². The summed E-state index contributed by atoms with van der Waals surface area (Å²) < 4.78 is 0. The first kappa shape index (κ1) is 10.1. The molecule has 1 aromatic heterocycles. The molecule has 2 N–H and O–H groups in total. The van der Waals surface area contributed by atoms with Crippen molar-refractivity contribution >= 4 is 35.1 Å². The molecule has 1 heterocycles. The van der Waals surface area contributed by atoms with Crippen molar-refractivity contribution in [2.45, 2.75) is 0 Å². The molecule has 0 spiro atoms. The number of hydrogen-bond donors (Lipinski definition) is 2. The Bertz CT molecular complexity index is 330. The zero-order valence-electron chi connectivity index (χ0n) is 6.77. The highest BCUT2D eigenvalue weighted by Crippen LogP contribution is 2.22. The van der Waals surface area contributed by atoms with Crippen molar-refractivity contribution in [1.82, 2.24) is 10.3 Å². The molecule has 0 saturated heterocycles. The number of nitrogens with zero attached hydrogens (tertiary/aromatic N) is 1. The molecule has 6 heteroatoms. The quantitative estimate of drug-likeness (QED) is 0.761. The molecule has 0 atom stereocenters. The zero-order chi connectivity index (χ0) is 9.84. The highest BCUT2D eigenvalue weighted by Gasteiger charge is 2.05. The van der Waals surface area contributed by atoms with Crippen LogP contribution in [0.25, 0.3) is 0 Å². The van der Waals surface area contributed by atoms with Crippen LogP contribution in [0.3, 0.4) is 0 Å². The molecule has 0 fully saturated rings. The Morgan fingerprint density at radius 3 is 2.77 bits per heavy atom. The third-order valence-corrected chi connectivity index (χ3v) is 1.76. The van der Waals surface area contributed by atoms with Crippen molar-refractivity contribution < 1.29 is 4.79 Å². The first-order valence-electron chi connectivity index (χ1n) is 3.43. The molecule has 0 unspecified atom stereocenters. The van der Waals surface area contributed by atoms with E-state index in [9.17, 15) is 4.79 Å². The van der Waals surface area contributed by atoms with Gasteiger partial charge in [-0.05, 0) is 6.07 Å². The minimum absolute atomic E-state index is 0.283. The number of urea groups is 1. The largest absolute Gasteiger partial charge is 0.341 e. The second-order valence-corrected chi connectivity index (χ2v) is 3.03. The van der Waals surface area contributed by atoms with Crippen LogP contribution in [0.2, 0.25) is 10.0 Å². The molecule has 0 aliphatic carbocycles. The van der Waals surface area contributed by atoms with Gasteiger partial charge in [0.15, 0.2) is 5.82 Å². The highest BCUT2D eigenvalue weighted by molar-refractivity contribution is 6.36. The maximum Gasteiger partial charge on any atom is 0.320 e. The van der Waals surface area contributed by atoms with E-state index in [4.69, 9.17) is 23.2 Å². The van der Waals surface area contributed by atoms with Crippen molar-refractivity contribution in [2.24, 2.45) is 0 Å². The standard InChI is InChI=1S/C7H7Cl2N3O/c1-10-7(13)12-6-5(9)2-4(8)3-11-6/h2-3H,1H3,(H2,10,11,12,13). The normalized spacial score (nSPS) is 9.46. The molecule has 0 aliphatic heterocycles. The van der Waals surface area contributed by atoms with Crippen LogP contribution in [0, 0.1) is 0 Å². The van der Waals surface area contributed by atoms with Gasteiger partial charge in [0.25, 0.3) is 0 Å². The smallest absolute Gasteiger partial charge is 0.320 e. The van der Waals surface area contributed by atoms with E-state index in [0.29, 0.717) is 10.0 Å². The van der Waals surface area contributed by atoms with E-state index in [1.165, 1.54) is 19.3 Å². The molecule has 0 aromatic carbocycles. The van der Waals surface area contributed by atoms with E-state index in [1.807, 2.05) is 0 Å². The number of carbonyl (C=O) groups is 1. The lowest BCUT2D eigenvalue weighted by Gasteiger charge is -2.04. The van der Waals surface area contributed by atoms with E-state index < -0.39 is 0 Å². The van der Waals surface area contributed by atoms with Gasteiger partial charge in [0.1, 0.15) is 0 Å². The third kappa shape index (κ3) is 2.75. The molecule has 0 radical (unpaired) electrons. The lowest BCUT2D eigenvalue weighted by Crippen LogP contribution is -2.25. The second-order valence-electron chi connectivity index (χ2n) is 2.19. The number of hydrogen-bond acceptors (Lipinski definition) is 2. The number of anilines is 1. The average Bonchev–Trinajstić information content (AvgIpc) is 2.09. The number of nitrogens with one attached hydrogen (secondary N) is 2. The Balaban J connectivity index is 2.83. The molecular formula is C7H7Cl2N3O. The minimum atomic E-state index is -0.378. The van der Waals surface area contributed by atoms with Gasteiger partial charge in [-0.1, -0.05) is 23.2 Å². The summed E-state index contributed by atoms with van der Waals surface area (Å²) in [4.78, 5) is 14.7. The number of carbonyl (C=O) groups excluding carboxylic acids is 1. The van der Waals surface area contributed by atoms with Crippen molar-refractivity contribution in [1.29, 1.82) is 0 Å². The van der Waals surface area contributed by atoms with Gasteiger partial charge in [0, 0.05) is 13.2 Å². The Hall–Kier alpha value is -1.000. The fraction of sp³-hybridized carbons (Fsp3) is 0.143. The maximum atomic E-state index is 10.9. The van der Waals surface area contributed by atoms with E-state index >= 15 is 0 Å². The fourth-order valence-corrected chi connectivity index (χ4v) is 1.10. The van der Waals surface area contributed by atoms with E-state index in [1.54, 1.807) is 0 Å². The van der Waals surface area contributed by atoms with Gasteiger partial charge < -0.3 is 5.32 Å². The molecule has 70 valence electrons. The Kier molecular flexibility index (Phi) is 3.33. The van der Waals surface area contributed by atoms with Crippen molar-refractivity contribution in [3.05, 3.63) is 22.3 Å². The molecule has 1 aromatic rings. The number of amides is 2. The first-order valence-corrected chi connectivity index (χ1v) is 4.19. The van der Waals surface area contributed by atoms with Crippen molar-refractivity contribution in [3.8, 4) is 0 Å². The van der Waals surface area contributed by atoms with Crippen LogP contribution >= 0.6 is 23.2 Å². The predicted molar refractivity (Wildman–Crippen MR) is 52.3 cm³/mol. The molecule has 0 saturated carbocycles. The molecule has 2 amide bonds. The molecule has 0 aliphatic rings. The third-order valence-electron chi connectivity index (χ3n) is 1.27. The van der Waals surface area contributed by atoms with Crippen molar-refractivity contribution in [3.63, 3.8) is 0 Å². The molecule has 0 bridgehead atoms. The summed E-state index contributed by atoms with van der Waals surface area (Å²) >= 11 is 11.4. The van der Waals surface area contributed by atoms with Crippen LogP contribution in [0.5, 0.6) is 0 Å². The van der Waals surface area contributed by atoms with Crippen molar-refractivity contribution in [2.75, 3.05) is 12.4 Å². The Morgan fingerprint density at radius 2 is 2.23 bits per heavy atom. The SMILES string of the molecule is CNC(=O)Nc1ncc(Cl)cc1Cl. The van der Waals surface area contributed by atoms with Crippen LogP contribution in [-0.4, -0.2) is 18.1 Å². The summed E-state index contributed by atoms with van der Waals surface area (Å²) in [5, 5.41) is 5.53. The summed E-state index contributed by atoms with van der Waals surface area (Å²) in [5.74, 6) is 0.283. The summed E-state index contributed by atoms with van der Waals surface area (Å²) in [6.07, 6.45) is 1.40. The summed E-state index contributed by atoms with van der Waals surface area (Å²) in [6.45, 7) is 0. The fourth-order valence-electron chi connectivity index (χ4n) is 0.677. The molecular weight excluding hydrogens is 213 g/mol. The van der Waals surface area contributed by atoms with Gasteiger partial charge in [-0.15, -0.1) is 0 Å². The number of aromatic nitrogens is 1. The molecule has 4 nitrogen and oxygen atoms in total. The highest BCUT2D eigenvalue weighted by atomic mass is 35.5. The predicted octanol–water partition coefficient (Wildman–Crippen LogP) is 2.14. The van der Waals surface area contributed by atoms with Crippen LogP contribution in [0.4, 0.5) is 10.6 Å². The van der Waals surface area contributed by atoms with Crippen LogP contribution < -0.4 is 10.6 Å². The van der Waals surface area contributed by atoms with E-state index in [-0.39, 0.29) is 11.8 Å². The van der Waals surface area contributed by atoms with Gasteiger partial charge >= 0.3 is 6.03 Å². The molecule has 13 heavy (non-hydrogen) atoms. The van der Waals surface area contributed by atoms with Gasteiger partial charge in [-0.25, -0.2) is 9.78 Å². The lowest BCUT2D eigenvalue weighted by molar-refractivity contribution is 0.254. The number of rotatable bonds is 1. The lowest BCUT2D eigenvalue weighted by atomic mass is 10.4. The van der Waals surface area contributed by atoms with Gasteiger partial charge in [0.05, 0.1) is 10.0 Å². The average molecular weight is 220 g/mol. The Labute approximate surface area is 85.2 Å². The van der Waals surface area contributed by atoms with Gasteiger partial charge in [0.2, 0.25) is 0 Å². The van der Waals surface area contributed by atoms with Gasteiger partial charge in [-0.2, -0.15) is 0 Å². The number of pyridine rings is 1. The summed E-state index contributed by atoms with van der Waals surface area (Å²) in [7, 11) is 1.50. The summed E-state index contributed by atoms with van der Waals surface area (Å²) in [5.41, 5.74) is 0. The molecule has 1 rings (SSSR count). The van der Waals surface area contributed by atoms with Crippen LogP contribution in [-0.2, 0) is 0 Å². The monoisotopic (exact) mass is 219 g/mol. The van der Waals surface area contributed by atoms with Crippen LogP contribution in [0.15, 0.2) is 12.3 Å². The van der Waals surface area contributed by atoms with Gasteiger partial charge in [-0.3, -0.25) is 5.32 Å². The minimum Gasteiger partial charge on any atom is -0.341 e. The zero-order valence-corrected chi connectivity index (χ0v) is 8.28. The summed E-state index contributed by atoms with van der Waals surface area (Å²) in [6, 6.07) is 1.12. The second kappa shape index (κ2) is 4.30. The maximum absolute atomic E-state index is 10.9. The van der Waals surface area contributed by atoms with Crippen LogP contribution in [0.1, 0.15) is 0 Å². The Morgan fingerprint density at radius 1 is 1.54 bits per heavy atom. The topological polar surface area (TPSA) is 54.0 Å². The van der Waals surface area contributed by atoms with E-state index in [2.05, 4.69) is 15.6 Å².